The van der Waals surface area contributed by atoms with Gasteiger partial charge in [-0.2, -0.15) is 0 Å². The zero-order chi connectivity index (χ0) is 15.1. The number of aryl methyl sites for hydroxylation is 1. The topological polar surface area (TPSA) is 41.1 Å². The maximum Gasteiger partial charge on any atom is 0.220 e. The van der Waals surface area contributed by atoms with E-state index in [1.165, 1.54) is 24.0 Å². The molecule has 124 valence electrons. The van der Waals surface area contributed by atoms with Crippen LogP contribution >= 0.6 is 12.4 Å². The van der Waals surface area contributed by atoms with Gasteiger partial charge in [0.05, 0.1) is 0 Å². The van der Waals surface area contributed by atoms with Crippen molar-refractivity contribution >= 4 is 18.3 Å². The molecule has 0 radical (unpaired) electrons. The third-order valence-electron chi connectivity index (χ3n) is 4.27. The number of amides is 1. The summed E-state index contributed by atoms with van der Waals surface area (Å²) in [4.78, 5) is 11.9. The van der Waals surface area contributed by atoms with E-state index in [4.69, 9.17) is 0 Å². The molecule has 2 rings (SSSR count). The van der Waals surface area contributed by atoms with Crippen molar-refractivity contribution in [2.45, 2.75) is 45.4 Å². The van der Waals surface area contributed by atoms with E-state index >= 15 is 0 Å². The highest BCUT2D eigenvalue weighted by Crippen LogP contribution is 2.15. The zero-order valence-electron chi connectivity index (χ0n) is 13.7. The number of hydrogen-bond acceptors (Lipinski definition) is 2. The summed E-state index contributed by atoms with van der Waals surface area (Å²) in [6, 6.07) is 8.64. The average Bonchev–Trinajstić information content (AvgIpc) is 2.52. The van der Waals surface area contributed by atoms with Crippen LogP contribution < -0.4 is 10.6 Å². The second-order valence-electron chi connectivity index (χ2n) is 6.41. The molecule has 3 nitrogen and oxygen atoms in total. The molecule has 0 aliphatic carbocycles. The van der Waals surface area contributed by atoms with E-state index in [9.17, 15) is 4.79 Å². The molecule has 0 spiro atoms. The number of benzene rings is 1. The van der Waals surface area contributed by atoms with Gasteiger partial charge in [0.25, 0.3) is 0 Å². The average molecular weight is 325 g/mol. The third-order valence-corrected chi connectivity index (χ3v) is 4.27. The van der Waals surface area contributed by atoms with Crippen LogP contribution in [0.2, 0.25) is 0 Å². The Morgan fingerprint density at radius 1 is 1.32 bits per heavy atom. The fraction of sp³-hybridized carbons (Fsp3) is 0.611. The SMILES string of the molecule is CC(C)c1ccc(CCC(=O)NCC2CCCNC2)cc1.Cl. The van der Waals surface area contributed by atoms with Gasteiger partial charge < -0.3 is 10.6 Å². The van der Waals surface area contributed by atoms with E-state index in [-0.39, 0.29) is 18.3 Å². The summed E-state index contributed by atoms with van der Waals surface area (Å²) in [5.41, 5.74) is 2.60. The Morgan fingerprint density at radius 2 is 2.05 bits per heavy atom. The smallest absolute Gasteiger partial charge is 0.220 e. The maximum absolute atomic E-state index is 11.9. The Balaban J connectivity index is 0.00000242. The lowest BCUT2D eigenvalue weighted by molar-refractivity contribution is -0.121. The predicted molar refractivity (Wildman–Crippen MR) is 94.7 cm³/mol. The normalized spacial score (nSPS) is 17.9. The molecule has 1 aromatic carbocycles. The van der Waals surface area contributed by atoms with E-state index in [1.54, 1.807) is 0 Å². The Bertz CT molecular complexity index is 439. The standard InChI is InChI=1S/C18H28N2O.ClH/c1-14(2)17-8-5-15(6-9-17)7-10-18(21)20-13-16-4-3-11-19-12-16;/h5-6,8-9,14,16,19H,3-4,7,10-13H2,1-2H3,(H,20,21);1H. The summed E-state index contributed by atoms with van der Waals surface area (Å²) in [5, 5.41) is 6.45. The highest BCUT2D eigenvalue weighted by atomic mass is 35.5. The molecule has 1 fully saturated rings. The first-order valence-electron chi connectivity index (χ1n) is 8.21. The number of carbonyl (C=O) groups excluding carboxylic acids is 1. The van der Waals surface area contributed by atoms with Gasteiger partial charge in [-0.3, -0.25) is 4.79 Å². The summed E-state index contributed by atoms with van der Waals surface area (Å²) in [6.07, 6.45) is 3.86. The number of rotatable bonds is 6. The molecular formula is C18H29ClN2O. The fourth-order valence-electron chi connectivity index (χ4n) is 2.77. The molecule has 1 aromatic rings. The molecule has 22 heavy (non-hydrogen) atoms. The van der Waals surface area contributed by atoms with Crippen LogP contribution in [0.5, 0.6) is 0 Å². The van der Waals surface area contributed by atoms with Crippen LogP contribution in [0.1, 0.15) is 50.2 Å². The van der Waals surface area contributed by atoms with E-state index < -0.39 is 0 Å². The lowest BCUT2D eigenvalue weighted by atomic mass is 9.99. The summed E-state index contributed by atoms with van der Waals surface area (Å²) in [7, 11) is 0. The van der Waals surface area contributed by atoms with Crippen molar-refractivity contribution in [2.24, 2.45) is 5.92 Å². The molecule has 1 atom stereocenters. The van der Waals surface area contributed by atoms with E-state index in [2.05, 4.69) is 48.7 Å². The number of nitrogens with one attached hydrogen (secondary N) is 2. The van der Waals surface area contributed by atoms with Crippen LogP contribution in [-0.2, 0) is 11.2 Å². The predicted octanol–water partition coefficient (Wildman–Crippen LogP) is 3.28. The summed E-state index contributed by atoms with van der Waals surface area (Å²) >= 11 is 0. The van der Waals surface area contributed by atoms with Crippen molar-refractivity contribution in [1.82, 2.24) is 10.6 Å². The van der Waals surface area contributed by atoms with Crippen molar-refractivity contribution in [1.29, 1.82) is 0 Å². The lowest BCUT2D eigenvalue weighted by Gasteiger charge is -2.22. The van der Waals surface area contributed by atoms with Crippen LogP contribution in [0.25, 0.3) is 0 Å². The van der Waals surface area contributed by atoms with E-state index in [0.717, 1.165) is 26.1 Å². The van der Waals surface area contributed by atoms with Crippen molar-refractivity contribution < 1.29 is 4.79 Å². The fourth-order valence-corrected chi connectivity index (χ4v) is 2.77. The highest BCUT2D eigenvalue weighted by molar-refractivity contribution is 5.85. The van der Waals surface area contributed by atoms with Crippen molar-refractivity contribution in [3.63, 3.8) is 0 Å². The highest BCUT2D eigenvalue weighted by Gasteiger charge is 2.13. The Morgan fingerprint density at radius 3 is 2.64 bits per heavy atom. The molecule has 0 bridgehead atoms. The largest absolute Gasteiger partial charge is 0.356 e. The zero-order valence-corrected chi connectivity index (χ0v) is 14.5. The quantitative estimate of drug-likeness (QED) is 0.843. The molecule has 0 aromatic heterocycles. The minimum absolute atomic E-state index is 0. The minimum Gasteiger partial charge on any atom is -0.356 e. The first kappa shape index (κ1) is 19.0. The summed E-state index contributed by atoms with van der Waals surface area (Å²) in [5.74, 6) is 1.34. The van der Waals surface area contributed by atoms with Gasteiger partial charge in [0, 0.05) is 13.0 Å². The van der Waals surface area contributed by atoms with Gasteiger partial charge in [-0.1, -0.05) is 38.1 Å². The summed E-state index contributed by atoms with van der Waals surface area (Å²) in [6.45, 7) is 7.37. The minimum atomic E-state index is 0. The molecule has 1 aliphatic heterocycles. The molecule has 4 heteroatoms. The molecule has 0 saturated carbocycles. The van der Waals surface area contributed by atoms with Crippen LogP contribution in [-0.4, -0.2) is 25.5 Å². The molecule has 1 heterocycles. The molecule has 1 saturated heterocycles. The Kier molecular flexibility index (Phi) is 8.51. The molecular weight excluding hydrogens is 296 g/mol. The van der Waals surface area contributed by atoms with Crippen LogP contribution in [0.15, 0.2) is 24.3 Å². The van der Waals surface area contributed by atoms with Crippen LogP contribution in [0.4, 0.5) is 0 Å². The van der Waals surface area contributed by atoms with Gasteiger partial charge in [-0.25, -0.2) is 0 Å². The van der Waals surface area contributed by atoms with Crippen molar-refractivity contribution in [3.8, 4) is 0 Å². The van der Waals surface area contributed by atoms with Crippen LogP contribution in [0.3, 0.4) is 0 Å². The van der Waals surface area contributed by atoms with Crippen molar-refractivity contribution in [2.75, 3.05) is 19.6 Å². The third kappa shape index (κ3) is 6.37. The monoisotopic (exact) mass is 324 g/mol. The van der Waals surface area contributed by atoms with Crippen LogP contribution in [0, 0.1) is 5.92 Å². The lowest BCUT2D eigenvalue weighted by Crippen LogP contribution is -2.38. The van der Waals surface area contributed by atoms with E-state index in [1.807, 2.05) is 0 Å². The second kappa shape index (κ2) is 9.86. The maximum atomic E-state index is 11.9. The van der Waals surface area contributed by atoms with Crippen molar-refractivity contribution in [3.05, 3.63) is 35.4 Å². The van der Waals surface area contributed by atoms with Gasteiger partial charge in [0.1, 0.15) is 0 Å². The van der Waals surface area contributed by atoms with Gasteiger partial charge >= 0.3 is 0 Å². The number of halogens is 1. The number of carbonyl (C=O) groups is 1. The Hall–Kier alpha value is -1.06. The van der Waals surface area contributed by atoms with Gasteiger partial charge in [-0.05, 0) is 55.3 Å². The molecule has 1 amide bonds. The Labute approximate surface area is 140 Å². The molecule has 1 unspecified atom stereocenters. The molecule has 1 aliphatic rings. The van der Waals surface area contributed by atoms with E-state index in [0.29, 0.717) is 18.3 Å². The summed E-state index contributed by atoms with van der Waals surface area (Å²) < 4.78 is 0. The molecule has 2 N–H and O–H groups in total. The van der Waals surface area contributed by atoms with Gasteiger partial charge in [0.15, 0.2) is 0 Å². The van der Waals surface area contributed by atoms with Gasteiger partial charge in [-0.15, -0.1) is 12.4 Å². The number of hydrogen-bond donors (Lipinski definition) is 2. The number of piperidine rings is 1. The first-order chi connectivity index (χ1) is 10.1. The van der Waals surface area contributed by atoms with Gasteiger partial charge in [0.2, 0.25) is 5.91 Å². The second-order valence-corrected chi connectivity index (χ2v) is 6.41. The first-order valence-corrected chi connectivity index (χ1v) is 8.21.